The number of ether oxygens (including phenoxy) is 2. The van der Waals surface area contributed by atoms with Gasteiger partial charge in [0.25, 0.3) is 11.6 Å². The minimum absolute atomic E-state index is 0.292. The number of carbonyl (C=O) groups excluding carboxylic acids is 1. The van der Waals surface area contributed by atoms with Gasteiger partial charge >= 0.3 is 0 Å². The molecule has 0 saturated carbocycles. The van der Waals surface area contributed by atoms with Crippen LogP contribution in [0.25, 0.3) is 11.3 Å². The van der Waals surface area contributed by atoms with Crippen LogP contribution in [0.3, 0.4) is 0 Å². The van der Waals surface area contributed by atoms with Crippen LogP contribution in [0.15, 0.2) is 78.0 Å². The molecule has 1 N–H and O–H groups in total. The van der Waals surface area contributed by atoms with Gasteiger partial charge in [-0.25, -0.2) is 4.57 Å². The van der Waals surface area contributed by atoms with Gasteiger partial charge in [-0.15, -0.1) is 0 Å². The first-order chi connectivity index (χ1) is 14.6. The number of hydrogen-bond donors (Lipinski definition) is 1. The number of anilines is 1. The van der Waals surface area contributed by atoms with E-state index in [4.69, 9.17) is 22.1 Å². The van der Waals surface area contributed by atoms with Crippen LogP contribution >= 0.6 is 0 Å². The summed E-state index contributed by atoms with van der Waals surface area (Å²) in [5.41, 5.74) is 2.67. The van der Waals surface area contributed by atoms with Crippen molar-refractivity contribution in [3.8, 4) is 17.2 Å². The van der Waals surface area contributed by atoms with Crippen molar-refractivity contribution in [2.24, 2.45) is 0 Å². The highest BCUT2D eigenvalue weighted by Gasteiger charge is 2.25. The van der Waals surface area contributed by atoms with Gasteiger partial charge in [0.15, 0.2) is 0 Å². The van der Waals surface area contributed by atoms with Crippen LogP contribution < -0.4 is 19.2 Å². The summed E-state index contributed by atoms with van der Waals surface area (Å²) >= 11 is 5.73. The van der Waals surface area contributed by atoms with Crippen molar-refractivity contribution in [3.05, 3.63) is 78.6 Å². The number of methoxy groups -OCH3 is 1. The molecule has 2 aromatic carbocycles. The number of fused-ring (bicyclic) bond motifs is 1. The lowest BCUT2D eigenvalue weighted by Crippen LogP contribution is -2.30. The van der Waals surface area contributed by atoms with E-state index in [0.29, 0.717) is 28.8 Å². The summed E-state index contributed by atoms with van der Waals surface area (Å²) in [4.78, 5) is 13.2. The number of imidazole rings is 1. The van der Waals surface area contributed by atoms with E-state index in [-0.39, 0.29) is 5.91 Å². The Balaban J connectivity index is 1.77. The Labute approximate surface area is 180 Å². The molecule has 0 saturated heterocycles. The summed E-state index contributed by atoms with van der Waals surface area (Å²) in [5.74, 6) is 1.15. The zero-order chi connectivity index (χ0) is 21.1. The van der Waals surface area contributed by atoms with Crippen LogP contribution in [-0.4, -0.2) is 24.2 Å². The molecule has 7 heteroatoms. The number of carbonyl (C=O) groups is 1. The molecule has 0 unspecified atom stereocenters. The molecule has 2 heterocycles. The van der Waals surface area contributed by atoms with Gasteiger partial charge in [0.1, 0.15) is 17.2 Å². The quantitative estimate of drug-likeness (QED) is 0.382. The third-order valence-electron chi connectivity index (χ3n) is 4.66. The van der Waals surface area contributed by atoms with E-state index < -0.39 is 0 Å². The highest BCUT2D eigenvalue weighted by Crippen LogP contribution is 2.23. The predicted octanol–water partition coefficient (Wildman–Crippen LogP) is 3.78. The number of nitrogens with one attached hydrogen (secondary N) is 1. The van der Waals surface area contributed by atoms with Gasteiger partial charge in [0, 0.05) is 22.8 Å². The van der Waals surface area contributed by atoms with Crippen LogP contribution in [0, 0.1) is 0 Å². The fourth-order valence-electron chi connectivity index (χ4n) is 3.32. The van der Waals surface area contributed by atoms with Crippen molar-refractivity contribution in [2.45, 2.75) is 11.9 Å². The van der Waals surface area contributed by atoms with Gasteiger partial charge in [-0.05, 0) is 49.4 Å². The van der Waals surface area contributed by atoms with Crippen LogP contribution in [0.2, 0.25) is 0 Å². The second kappa shape index (κ2) is 8.42. The molecule has 152 valence electrons. The average molecular weight is 420 g/mol. The molecule has 0 fully saturated rings. The molecule has 6 nitrogen and oxygen atoms in total. The monoisotopic (exact) mass is 419 g/mol. The van der Waals surface area contributed by atoms with E-state index in [1.165, 1.54) is 0 Å². The molecule has 30 heavy (non-hydrogen) atoms. The number of aromatic nitrogens is 2. The number of nitrogens with zero attached hydrogens (tertiary/aromatic N) is 2. The third-order valence-corrected chi connectivity index (χ3v) is 5.04. The molecule has 4 rings (SSSR count). The Morgan fingerprint density at radius 1 is 1.07 bits per heavy atom. The highest BCUT2D eigenvalue weighted by molar-refractivity contribution is 7.58. The topological polar surface area (TPSA) is 56.6 Å². The molecule has 0 aliphatic rings. The minimum atomic E-state index is -0.292. The summed E-state index contributed by atoms with van der Waals surface area (Å²) in [6, 6.07) is 20.6. The van der Waals surface area contributed by atoms with Crippen molar-refractivity contribution < 1.29 is 18.7 Å². The van der Waals surface area contributed by atoms with Crippen molar-refractivity contribution >= 4 is 29.9 Å². The van der Waals surface area contributed by atoms with E-state index in [9.17, 15) is 4.79 Å². The van der Waals surface area contributed by atoms with Gasteiger partial charge in [0.05, 0.1) is 19.9 Å². The average Bonchev–Trinajstić information content (AvgIpc) is 3.06. The molecule has 0 aliphatic carbocycles. The van der Waals surface area contributed by atoms with Gasteiger partial charge in [-0.2, -0.15) is 4.40 Å². The van der Waals surface area contributed by atoms with Crippen LogP contribution in [0.5, 0.6) is 11.5 Å². The fraction of sp³-hybridized carbons (Fsp3) is 0.130. The van der Waals surface area contributed by atoms with Crippen molar-refractivity contribution in [1.82, 2.24) is 4.57 Å². The summed E-state index contributed by atoms with van der Waals surface area (Å²) in [6.45, 7) is 2.54. The first kappa shape index (κ1) is 19.7. The maximum atomic E-state index is 13.2. The predicted molar refractivity (Wildman–Crippen MR) is 117 cm³/mol. The highest BCUT2D eigenvalue weighted by atomic mass is 32.1. The Bertz CT molecular complexity index is 1200. The van der Waals surface area contributed by atoms with Crippen molar-refractivity contribution in [3.63, 3.8) is 0 Å². The fourth-order valence-corrected chi connectivity index (χ4v) is 3.71. The summed E-state index contributed by atoms with van der Waals surface area (Å²) in [7, 11) is 1.59. The molecule has 2 aromatic heterocycles. The van der Waals surface area contributed by atoms with E-state index in [1.54, 1.807) is 23.6 Å². The second-order valence-electron chi connectivity index (χ2n) is 6.53. The van der Waals surface area contributed by atoms with E-state index >= 15 is 0 Å². The Kier molecular flexibility index (Phi) is 5.54. The minimum Gasteiger partial charge on any atom is -0.732 e. The molecular formula is C23H21N3O3S. The van der Waals surface area contributed by atoms with E-state index in [1.807, 2.05) is 72.3 Å². The lowest BCUT2D eigenvalue weighted by molar-refractivity contribution is -0.514. The first-order valence-electron chi connectivity index (χ1n) is 9.53. The zero-order valence-corrected chi connectivity index (χ0v) is 17.5. The molecule has 0 spiro atoms. The maximum absolute atomic E-state index is 13.2. The Morgan fingerprint density at radius 3 is 2.60 bits per heavy atom. The van der Waals surface area contributed by atoms with Gasteiger partial charge in [-0.1, -0.05) is 12.1 Å². The number of amides is 1. The van der Waals surface area contributed by atoms with Gasteiger partial charge < -0.3 is 27.4 Å². The molecule has 0 radical (unpaired) electrons. The zero-order valence-electron chi connectivity index (χ0n) is 16.7. The second-order valence-corrected chi connectivity index (χ2v) is 6.92. The molecule has 0 bridgehead atoms. The Morgan fingerprint density at radius 2 is 1.87 bits per heavy atom. The normalized spacial score (nSPS) is 10.7. The lowest BCUT2D eigenvalue weighted by atomic mass is 10.3. The molecule has 1 amide bonds. The molecule has 0 aliphatic heterocycles. The number of pyridine rings is 1. The van der Waals surface area contributed by atoms with Gasteiger partial charge in [-0.3, -0.25) is 4.79 Å². The van der Waals surface area contributed by atoms with Gasteiger partial charge in [0.2, 0.25) is 5.69 Å². The smallest absolute Gasteiger partial charge is 0.298 e. The molecule has 4 aromatic rings. The maximum Gasteiger partial charge on any atom is 0.298 e. The largest absolute Gasteiger partial charge is 0.732 e. The summed E-state index contributed by atoms with van der Waals surface area (Å²) < 4.78 is 14.4. The van der Waals surface area contributed by atoms with Crippen LogP contribution in [0.1, 0.15) is 17.4 Å². The van der Waals surface area contributed by atoms with E-state index in [2.05, 4.69) is 5.32 Å². The van der Waals surface area contributed by atoms with Crippen LogP contribution in [0.4, 0.5) is 5.69 Å². The number of benzene rings is 2. The Hall–Kier alpha value is -3.58. The number of rotatable bonds is 6. The van der Waals surface area contributed by atoms with E-state index in [0.717, 1.165) is 17.1 Å². The summed E-state index contributed by atoms with van der Waals surface area (Å²) in [5, 5.41) is 3.34. The lowest BCUT2D eigenvalue weighted by Gasteiger charge is -2.09. The van der Waals surface area contributed by atoms with Crippen LogP contribution in [-0.2, 0) is 12.6 Å². The standard InChI is InChI=1S/C23H21N3O3S/c1-3-29-18-12-10-17(11-13-18)26-20-9-4-5-14-25(20)21(23(26)30)22(27)24-16-7-6-8-19(15-16)28-2/h4-15H,3H2,1-2H3,(H-,24,27,30). The SMILES string of the molecule is CCOc1ccc(-n2c([S-])c(C(=O)Nc3cccc(OC)c3)[n+]3ccccc23)cc1. The van der Waals surface area contributed by atoms with Crippen molar-refractivity contribution in [2.75, 3.05) is 19.0 Å². The molecular weight excluding hydrogens is 398 g/mol. The summed E-state index contributed by atoms with van der Waals surface area (Å²) in [6.07, 6.45) is 1.83. The first-order valence-corrected chi connectivity index (χ1v) is 9.94. The van der Waals surface area contributed by atoms with Crippen molar-refractivity contribution in [1.29, 1.82) is 0 Å². The number of hydrogen-bond acceptors (Lipinski definition) is 4. The third kappa shape index (κ3) is 3.67. The molecule has 0 atom stereocenters.